The average Bonchev–Trinajstić information content (AvgIpc) is 2.79. The fraction of sp³-hybridized carbons (Fsp3) is 0.375. The van der Waals surface area contributed by atoms with E-state index in [4.69, 9.17) is 4.84 Å². The molecule has 1 aliphatic heterocycles. The van der Waals surface area contributed by atoms with Gasteiger partial charge in [-0.1, -0.05) is 47.6 Å². The maximum Gasteiger partial charge on any atom is 0.337 e. The number of ether oxygens (including phenoxy) is 1. The van der Waals surface area contributed by atoms with Crippen molar-refractivity contribution in [2.75, 3.05) is 20.2 Å². The average molecular weight is 408 g/mol. The van der Waals surface area contributed by atoms with Crippen LogP contribution >= 0.6 is 0 Å². The molecule has 2 aromatic carbocycles. The summed E-state index contributed by atoms with van der Waals surface area (Å²) in [6.45, 7) is 3.22. The van der Waals surface area contributed by atoms with Crippen LogP contribution in [-0.2, 0) is 20.8 Å². The summed E-state index contributed by atoms with van der Waals surface area (Å²) in [6, 6.07) is 17.3. The topological polar surface area (TPSA) is 68.2 Å². The molecule has 0 N–H and O–H groups in total. The highest BCUT2D eigenvalue weighted by Gasteiger charge is 2.27. The first-order valence-corrected chi connectivity index (χ1v) is 10.3. The second-order valence-corrected chi connectivity index (χ2v) is 7.55. The van der Waals surface area contributed by atoms with Crippen LogP contribution in [-0.4, -0.2) is 49.3 Å². The summed E-state index contributed by atoms with van der Waals surface area (Å²) in [5, 5.41) is 3.93. The second kappa shape index (κ2) is 10.6. The molecule has 0 aromatic heterocycles. The number of carbonyl (C=O) groups excluding carboxylic acids is 2. The molecule has 158 valence electrons. The Labute approximate surface area is 177 Å². The largest absolute Gasteiger partial charge is 0.465 e. The summed E-state index contributed by atoms with van der Waals surface area (Å²) in [5.74, 6) is 0.187. The summed E-state index contributed by atoms with van der Waals surface area (Å²) < 4.78 is 4.67. The number of likely N-dealkylation sites (tertiary alicyclic amines) is 1. The highest BCUT2D eigenvalue weighted by atomic mass is 16.6. The Kier molecular flexibility index (Phi) is 7.60. The lowest BCUT2D eigenvalue weighted by Crippen LogP contribution is -2.43. The van der Waals surface area contributed by atoms with E-state index in [9.17, 15) is 9.59 Å². The lowest BCUT2D eigenvalue weighted by atomic mass is 9.90. The van der Waals surface area contributed by atoms with Crippen molar-refractivity contribution in [2.45, 2.75) is 32.3 Å². The zero-order valence-electron chi connectivity index (χ0n) is 17.5. The molecule has 0 saturated carbocycles. The van der Waals surface area contributed by atoms with Gasteiger partial charge >= 0.3 is 5.97 Å². The number of oxime groups is 1. The van der Waals surface area contributed by atoms with Gasteiger partial charge in [0.05, 0.1) is 18.9 Å². The molecule has 1 saturated heterocycles. The number of benzene rings is 2. The Morgan fingerprint density at radius 3 is 2.40 bits per heavy atom. The number of methoxy groups -OCH3 is 1. The highest BCUT2D eigenvalue weighted by molar-refractivity contribution is 5.90. The Morgan fingerprint density at radius 1 is 1.10 bits per heavy atom. The lowest BCUT2D eigenvalue weighted by molar-refractivity contribution is -0.144. The molecule has 1 fully saturated rings. The van der Waals surface area contributed by atoms with E-state index in [1.54, 1.807) is 31.2 Å². The predicted octanol–water partition coefficient (Wildman–Crippen LogP) is 3.69. The van der Waals surface area contributed by atoms with Crippen molar-refractivity contribution in [1.29, 1.82) is 0 Å². The van der Waals surface area contributed by atoms with Crippen molar-refractivity contribution < 1.29 is 19.2 Å². The smallest absolute Gasteiger partial charge is 0.337 e. The molecule has 2 aromatic rings. The molecule has 3 rings (SSSR count). The van der Waals surface area contributed by atoms with Gasteiger partial charge in [0, 0.05) is 13.1 Å². The number of piperidine rings is 1. The number of rotatable bonds is 7. The normalized spacial score (nSPS) is 15.7. The summed E-state index contributed by atoms with van der Waals surface area (Å²) in [7, 11) is 1.34. The van der Waals surface area contributed by atoms with Crippen LogP contribution in [0.3, 0.4) is 0 Å². The molecular weight excluding hydrogens is 380 g/mol. The molecular formula is C24H28N2O4. The number of hydrogen-bond donors (Lipinski definition) is 0. The van der Waals surface area contributed by atoms with Crippen molar-refractivity contribution in [3.8, 4) is 0 Å². The third-order valence-electron chi connectivity index (χ3n) is 5.39. The quantitative estimate of drug-likeness (QED) is 0.398. The van der Waals surface area contributed by atoms with Gasteiger partial charge in [-0.15, -0.1) is 0 Å². The zero-order chi connectivity index (χ0) is 21.3. The van der Waals surface area contributed by atoms with Crippen LogP contribution in [0.25, 0.3) is 0 Å². The third kappa shape index (κ3) is 5.92. The van der Waals surface area contributed by atoms with Crippen molar-refractivity contribution in [3.05, 3.63) is 71.3 Å². The van der Waals surface area contributed by atoms with Gasteiger partial charge < -0.3 is 14.5 Å². The van der Waals surface area contributed by atoms with Gasteiger partial charge in [0.1, 0.15) is 0 Å². The molecule has 1 heterocycles. The fourth-order valence-corrected chi connectivity index (χ4v) is 3.61. The van der Waals surface area contributed by atoms with E-state index in [-0.39, 0.29) is 11.9 Å². The van der Waals surface area contributed by atoms with Crippen LogP contribution in [0.15, 0.2) is 59.8 Å². The molecule has 0 bridgehead atoms. The van der Waals surface area contributed by atoms with Gasteiger partial charge in [-0.2, -0.15) is 0 Å². The molecule has 6 nitrogen and oxygen atoms in total. The van der Waals surface area contributed by atoms with E-state index in [1.807, 2.05) is 11.0 Å². The van der Waals surface area contributed by atoms with E-state index >= 15 is 0 Å². The van der Waals surface area contributed by atoms with Gasteiger partial charge in [0.2, 0.25) is 6.10 Å². The second-order valence-electron chi connectivity index (χ2n) is 7.55. The minimum atomic E-state index is -0.638. The van der Waals surface area contributed by atoms with Crippen molar-refractivity contribution in [2.24, 2.45) is 11.1 Å². The van der Waals surface area contributed by atoms with Crippen LogP contribution in [0, 0.1) is 5.92 Å². The maximum absolute atomic E-state index is 12.6. The van der Waals surface area contributed by atoms with Crippen molar-refractivity contribution in [3.63, 3.8) is 0 Å². The third-order valence-corrected chi connectivity index (χ3v) is 5.39. The standard InChI is InChI=1S/C24H28N2O4/c1-18(30-25-17-21-8-10-22(11-9-21)24(28)29-2)23(27)26-14-12-20(13-15-26)16-19-6-4-3-5-7-19/h3-11,17-18,20H,12-16H2,1-2H3/b25-17+. The molecule has 1 aliphatic rings. The van der Waals surface area contributed by atoms with E-state index in [1.165, 1.54) is 18.9 Å². The first kappa shape index (κ1) is 21.6. The van der Waals surface area contributed by atoms with Gasteiger partial charge in [-0.3, -0.25) is 4.79 Å². The van der Waals surface area contributed by atoms with Crippen LogP contribution in [0.4, 0.5) is 0 Å². The number of esters is 1. The van der Waals surface area contributed by atoms with Gasteiger partial charge in [0.15, 0.2) is 0 Å². The first-order valence-electron chi connectivity index (χ1n) is 10.3. The summed E-state index contributed by atoms with van der Waals surface area (Å²) in [4.78, 5) is 31.3. The van der Waals surface area contributed by atoms with Crippen LogP contribution in [0.5, 0.6) is 0 Å². The molecule has 0 radical (unpaired) electrons. The first-order chi connectivity index (χ1) is 14.6. The zero-order valence-corrected chi connectivity index (χ0v) is 17.5. The number of amides is 1. The van der Waals surface area contributed by atoms with E-state index in [2.05, 4.69) is 34.2 Å². The Balaban J connectivity index is 1.43. The minimum absolute atomic E-state index is 0.0358. The summed E-state index contributed by atoms with van der Waals surface area (Å²) in [6.07, 6.45) is 3.96. The Bertz CT molecular complexity index is 857. The summed E-state index contributed by atoms with van der Waals surface area (Å²) in [5.41, 5.74) is 2.59. The van der Waals surface area contributed by atoms with Gasteiger partial charge in [-0.05, 0) is 55.4 Å². The number of carbonyl (C=O) groups is 2. The SMILES string of the molecule is COC(=O)c1ccc(/C=N/OC(C)C(=O)N2CCC(Cc3ccccc3)CC2)cc1. The Hall–Kier alpha value is -3.15. The highest BCUT2D eigenvalue weighted by Crippen LogP contribution is 2.22. The lowest BCUT2D eigenvalue weighted by Gasteiger charge is -2.33. The Morgan fingerprint density at radius 2 is 1.77 bits per heavy atom. The van der Waals surface area contributed by atoms with Gasteiger partial charge in [0.25, 0.3) is 5.91 Å². The van der Waals surface area contributed by atoms with E-state index in [0.29, 0.717) is 11.5 Å². The van der Waals surface area contributed by atoms with Crippen LogP contribution in [0.1, 0.15) is 41.3 Å². The monoisotopic (exact) mass is 408 g/mol. The van der Waals surface area contributed by atoms with E-state index in [0.717, 1.165) is 37.9 Å². The van der Waals surface area contributed by atoms with Crippen LogP contribution in [0.2, 0.25) is 0 Å². The predicted molar refractivity (Wildman–Crippen MR) is 115 cm³/mol. The molecule has 0 spiro atoms. The molecule has 1 unspecified atom stereocenters. The number of hydrogen-bond acceptors (Lipinski definition) is 5. The summed E-state index contributed by atoms with van der Waals surface area (Å²) >= 11 is 0. The van der Waals surface area contributed by atoms with Crippen molar-refractivity contribution >= 4 is 18.1 Å². The van der Waals surface area contributed by atoms with Gasteiger partial charge in [-0.25, -0.2) is 4.79 Å². The fourth-order valence-electron chi connectivity index (χ4n) is 3.61. The maximum atomic E-state index is 12.6. The van der Waals surface area contributed by atoms with Crippen LogP contribution < -0.4 is 0 Å². The molecule has 30 heavy (non-hydrogen) atoms. The minimum Gasteiger partial charge on any atom is -0.465 e. The number of nitrogens with zero attached hydrogens (tertiary/aromatic N) is 2. The molecule has 6 heteroatoms. The molecule has 1 amide bonds. The van der Waals surface area contributed by atoms with Crippen molar-refractivity contribution in [1.82, 2.24) is 4.90 Å². The van der Waals surface area contributed by atoms with E-state index < -0.39 is 6.10 Å². The molecule has 1 atom stereocenters. The molecule has 0 aliphatic carbocycles.